The normalized spacial score (nSPS) is 16.1. The number of fused-ring (bicyclic) bond motifs is 9. The number of hydrogen-bond acceptors (Lipinski definition) is 4. The second-order valence-corrected chi connectivity index (χ2v) is 17.0. The van der Waals surface area contributed by atoms with Gasteiger partial charge in [0.25, 0.3) is 0 Å². The Morgan fingerprint density at radius 3 is 1.59 bits per heavy atom. The zero-order valence-electron chi connectivity index (χ0n) is 34.9. The van der Waals surface area contributed by atoms with Gasteiger partial charge in [0, 0.05) is 22.4 Å². The molecule has 3 heterocycles. The fourth-order valence-corrected chi connectivity index (χ4v) is 10.7. The summed E-state index contributed by atoms with van der Waals surface area (Å²) in [6, 6.07) is 83.3. The Morgan fingerprint density at radius 2 is 0.891 bits per heavy atom. The Balaban J connectivity index is 0.939. The lowest BCUT2D eigenvalue weighted by Gasteiger charge is -2.44. The quantitative estimate of drug-likeness (QED) is 0.181. The number of anilines is 3. The minimum atomic E-state index is -0.521. The molecule has 2 atom stereocenters. The molecule has 0 saturated heterocycles. The van der Waals surface area contributed by atoms with Gasteiger partial charge in [0.2, 0.25) is 0 Å². The van der Waals surface area contributed by atoms with Crippen LogP contribution in [0.25, 0.3) is 67.3 Å². The summed E-state index contributed by atoms with van der Waals surface area (Å²) in [5.74, 6) is 0.700. The van der Waals surface area contributed by atoms with Gasteiger partial charge in [-0.2, -0.15) is 0 Å². The predicted molar refractivity (Wildman–Crippen MR) is 261 cm³/mol. The Labute approximate surface area is 372 Å². The fourth-order valence-electron chi connectivity index (χ4n) is 10.7. The van der Waals surface area contributed by atoms with Gasteiger partial charge in [0.15, 0.2) is 5.82 Å². The molecule has 2 unspecified atom stereocenters. The van der Waals surface area contributed by atoms with Gasteiger partial charge in [-0.25, -0.2) is 9.97 Å². The van der Waals surface area contributed by atoms with Crippen molar-refractivity contribution in [1.29, 1.82) is 0 Å². The number of benzene rings is 9. The summed E-state index contributed by atoms with van der Waals surface area (Å²) in [5.41, 5.74) is 21.6. The number of rotatable bonds is 6. The SMILES string of the molecule is c1ccc(-c2cc(-c3ccccc3)nc(-c3cccc(-c4cccc(-c5ccc6c(c5)C5(c7ccccc7-6)c6ccccc6N6c7c(cccc75)NC6c5ccccc5)c4)c3)n2)cc1. The molecule has 0 fully saturated rings. The van der Waals surface area contributed by atoms with Gasteiger partial charge in [-0.1, -0.05) is 194 Å². The minimum Gasteiger partial charge on any atom is -0.359 e. The number of para-hydroxylation sites is 2. The third-order valence-corrected chi connectivity index (χ3v) is 13.5. The maximum Gasteiger partial charge on any atom is 0.160 e. The second-order valence-electron chi connectivity index (χ2n) is 17.0. The fraction of sp³-hybridized carbons (Fsp3) is 0.0333. The van der Waals surface area contributed by atoms with E-state index in [2.05, 4.69) is 229 Å². The van der Waals surface area contributed by atoms with Crippen LogP contribution in [0, 0.1) is 0 Å². The standard InChI is InChI=1S/C60H40N4/c1-4-17-39(18-5-1)54-38-55(40-19-6-2-7-20-40)62-58(61-54)46-26-15-25-44(36-46)42-23-14-24-43(35-42)45-33-34-48-47-27-10-11-28-49(47)60(52(48)37-45)50-29-12-13-32-56(50)64-57-51(60)30-16-31-53(57)63-59(64)41-21-8-3-9-22-41/h1-38,59,63H. The monoisotopic (exact) mass is 816 g/mol. The number of nitrogens with one attached hydrogen (secondary N) is 1. The molecule has 1 aromatic heterocycles. The molecule has 64 heavy (non-hydrogen) atoms. The van der Waals surface area contributed by atoms with Crippen molar-refractivity contribution in [2.75, 3.05) is 10.2 Å². The molecule has 1 N–H and O–H groups in total. The van der Waals surface area contributed by atoms with Crippen LogP contribution in [0.15, 0.2) is 231 Å². The van der Waals surface area contributed by atoms with Crippen molar-refractivity contribution in [2.45, 2.75) is 11.6 Å². The van der Waals surface area contributed by atoms with E-state index in [9.17, 15) is 0 Å². The summed E-state index contributed by atoms with van der Waals surface area (Å²) < 4.78 is 0. The molecule has 0 saturated carbocycles. The van der Waals surface area contributed by atoms with E-state index in [-0.39, 0.29) is 6.17 Å². The molecule has 0 radical (unpaired) electrons. The first-order chi connectivity index (χ1) is 31.7. The molecule has 9 aromatic carbocycles. The molecule has 4 heteroatoms. The summed E-state index contributed by atoms with van der Waals surface area (Å²) in [4.78, 5) is 12.8. The highest BCUT2D eigenvalue weighted by Crippen LogP contribution is 2.66. The molecule has 4 nitrogen and oxygen atoms in total. The molecule has 10 aromatic rings. The first-order valence-electron chi connectivity index (χ1n) is 22.0. The van der Waals surface area contributed by atoms with E-state index in [0.717, 1.165) is 44.9 Å². The molecule has 1 spiro atoms. The average Bonchev–Trinajstić information content (AvgIpc) is 3.91. The summed E-state index contributed by atoms with van der Waals surface area (Å²) in [6.45, 7) is 0. The lowest BCUT2D eigenvalue weighted by molar-refractivity contribution is 0.720. The molecular weight excluding hydrogens is 777 g/mol. The summed E-state index contributed by atoms with van der Waals surface area (Å²) in [7, 11) is 0. The maximum atomic E-state index is 5.14. The zero-order chi connectivity index (χ0) is 42.2. The van der Waals surface area contributed by atoms with Gasteiger partial charge in [-0.3, -0.25) is 0 Å². The Morgan fingerprint density at radius 1 is 0.375 bits per heavy atom. The maximum absolute atomic E-state index is 5.14. The van der Waals surface area contributed by atoms with Crippen LogP contribution in [0.1, 0.15) is 34.0 Å². The zero-order valence-corrected chi connectivity index (χ0v) is 34.9. The average molecular weight is 817 g/mol. The second kappa shape index (κ2) is 14.4. The first kappa shape index (κ1) is 36.3. The molecule has 1 aliphatic carbocycles. The largest absolute Gasteiger partial charge is 0.359 e. The van der Waals surface area contributed by atoms with Crippen molar-refractivity contribution in [3.8, 4) is 67.3 Å². The van der Waals surface area contributed by atoms with Crippen LogP contribution in [0.4, 0.5) is 17.1 Å². The smallest absolute Gasteiger partial charge is 0.160 e. The Bertz CT molecular complexity index is 3380. The Hall–Kier alpha value is -8.34. The van der Waals surface area contributed by atoms with Gasteiger partial charge in [0.1, 0.15) is 6.17 Å². The highest BCUT2D eigenvalue weighted by atomic mass is 15.3. The predicted octanol–water partition coefficient (Wildman–Crippen LogP) is 14.8. The lowest BCUT2D eigenvalue weighted by atomic mass is 9.64. The molecule has 3 aliphatic rings. The van der Waals surface area contributed by atoms with Crippen LogP contribution in [-0.2, 0) is 5.41 Å². The molecule has 13 rings (SSSR count). The third-order valence-electron chi connectivity index (χ3n) is 13.5. The van der Waals surface area contributed by atoms with Crippen molar-refractivity contribution in [3.63, 3.8) is 0 Å². The van der Waals surface area contributed by atoms with Crippen molar-refractivity contribution >= 4 is 17.1 Å². The van der Waals surface area contributed by atoms with Crippen LogP contribution in [0.3, 0.4) is 0 Å². The van der Waals surface area contributed by atoms with Crippen LogP contribution in [-0.4, -0.2) is 9.97 Å². The van der Waals surface area contributed by atoms with E-state index in [1.807, 2.05) is 12.1 Å². The van der Waals surface area contributed by atoms with Gasteiger partial charge in [0.05, 0.1) is 28.2 Å². The minimum absolute atomic E-state index is 0.0233. The lowest BCUT2D eigenvalue weighted by Crippen LogP contribution is -2.37. The molecule has 300 valence electrons. The molecular formula is C60H40N4. The van der Waals surface area contributed by atoms with E-state index < -0.39 is 5.41 Å². The first-order valence-corrected chi connectivity index (χ1v) is 22.0. The van der Waals surface area contributed by atoms with Crippen LogP contribution < -0.4 is 10.2 Å². The van der Waals surface area contributed by atoms with Crippen molar-refractivity contribution in [3.05, 3.63) is 258 Å². The van der Waals surface area contributed by atoms with Crippen molar-refractivity contribution in [1.82, 2.24) is 9.97 Å². The summed E-state index contributed by atoms with van der Waals surface area (Å²) in [5, 5.41) is 3.94. The van der Waals surface area contributed by atoms with Gasteiger partial charge >= 0.3 is 0 Å². The molecule has 0 amide bonds. The van der Waals surface area contributed by atoms with E-state index >= 15 is 0 Å². The van der Waals surface area contributed by atoms with E-state index in [1.54, 1.807) is 0 Å². The van der Waals surface area contributed by atoms with Crippen LogP contribution in [0.2, 0.25) is 0 Å². The van der Waals surface area contributed by atoms with Gasteiger partial charge in [-0.15, -0.1) is 0 Å². The topological polar surface area (TPSA) is 41.1 Å². The number of hydrogen-bond donors (Lipinski definition) is 1. The van der Waals surface area contributed by atoms with E-state index in [0.29, 0.717) is 5.82 Å². The molecule has 2 aliphatic heterocycles. The van der Waals surface area contributed by atoms with Crippen LogP contribution >= 0.6 is 0 Å². The Kier molecular flexibility index (Phi) is 8.16. The van der Waals surface area contributed by atoms with Crippen LogP contribution in [0.5, 0.6) is 0 Å². The van der Waals surface area contributed by atoms with E-state index in [1.165, 1.54) is 61.4 Å². The highest BCUT2D eigenvalue weighted by molar-refractivity contribution is 5.99. The van der Waals surface area contributed by atoms with Gasteiger partial charge in [-0.05, 0) is 97.6 Å². The third kappa shape index (κ3) is 5.49. The number of nitrogens with zero attached hydrogens (tertiary/aromatic N) is 3. The highest BCUT2D eigenvalue weighted by Gasteiger charge is 2.54. The van der Waals surface area contributed by atoms with Crippen molar-refractivity contribution in [2.24, 2.45) is 0 Å². The van der Waals surface area contributed by atoms with Crippen molar-refractivity contribution < 1.29 is 0 Å². The molecule has 0 bridgehead atoms. The van der Waals surface area contributed by atoms with E-state index in [4.69, 9.17) is 9.97 Å². The number of aromatic nitrogens is 2. The summed E-state index contributed by atoms with van der Waals surface area (Å²) in [6.07, 6.45) is -0.0233. The van der Waals surface area contributed by atoms with Gasteiger partial charge < -0.3 is 10.2 Å². The summed E-state index contributed by atoms with van der Waals surface area (Å²) >= 11 is 0.